The lowest BCUT2D eigenvalue weighted by molar-refractivity contribution is 0.225. The minimum absolute atomic E-state index is 0.307. The largest absolute Gasteiger partial charge is 0.487 e. The summed E-state index contributed by atoms with van der Waals surface area (Å²) in [5, 5.41) is 4.63. The molecule has 4 rings (SSSR count). The Morgan fingerprint density at radius 1 is 1.28 bits per heavy atom. The number of nitrogens with zero attached hydrogens (tertiary/aromatic N) is 1. The normalized spacial score (nSPS) is 23.7. The summed E-state index contributed by atoms with van der Waals surface area (Å²) in [5.41, 5.74) is 1.07. The molecule has 1 N–H and O–H groups in total. The van der Waals surface area contributed by atoms with E-state index >= 15 is 0 Å². The lowest BCUT2D eigenvalue weighted by Gasteiger charge is -2.12. The van der Waals surface area contributed by atoms with Crippen molar-refractivity contribution >= 4 is 21.6 Å². The van der Waals surface area contributed by atoms with Crippen LogP contribution in [0.5, 0.6) is 5.75 Å². The van der Waals surface area contributed by atoms with E-state index in [-0.39, 0.29) is 0 Å². The molecule has 1 saturated heterocycles. The second-order valence-corrected chi connectivity index (χ2v) is 6.22. The molecule has 4 heteroatoms. The van der Waals surface area contributed by atoms with E-state index in [4.69, 9.17) is 9.72 Å². The molecule has 1 atom stereocenters. The molecule has 1 unspecified atom stereocenters. The van der Waals surface area contributed by atoms with Gasteiger partial charge in [0.25, 0.3) is 0 Å². The maximum atomic E-state index is 6.08. The highest BCUT2D eigenvalue weighted by atomic mass is 32.1. The van der Waals surface area contributed by atoms with Crippen LogP contribution in [0.25, 0.3) is 10.2 Å². The second-order valence-electron chi connectivity index (χ2n) is 5.16. The number of ether oxygens (including phenoxy) is 1. The summed E-state index contributed by atoms with van der Waals surface area (Å²) >= 11 is 1.83. The van der Waals surface area contributed by atoms with Gasteiger partial charge in [-0.1, -0.05) is 6.07 Å². The third-order valence-corrected chi connectivity index (χ3v) is 4.82. The molecule has 0 spiro atoms. The van der Waals surface area contributed by atoms with Gasteiger partial charge in [-0.25, -0.2) is 4.98 Å². The Bertz CT molecular complexity index is 570. The van der Waals surface area contributed by atoms with Crippen LogP contribution >= 0.6 is 11.3 Å². The molecular weight excluding hydrogens is 244 g/mol. The zero-order chi connectivity index (χ0) is 11.9. The quantitative estimate of drug-likeness (QED) is 0.921. The van der Waals surface area contributed by atoms with E-state index in [0.717, 1.165) is 36.7 Å². The summed E-state index contributed by atoms with van der Waals surface area (Å²) in [6.07, 6.45) is 4.02. The fraction of sp³-hybridized carbons (Fsp3) is 0.500. The van der Waals surface area contributed by atoms with Gasteiger partial charge in [0.1, 0.15) is 17.4 Å². The highest BCUT2D eigenvalue weighted by Crippen LogP contribution is 2.44. The summed E-state index contributed by atoms with van der Waals surface area (Å²) < 4.78 is 7.35. The number of para-hydroxylation sites is 1. The van der Waals surface area contributed by atoms with Gasteiger partial charge in [0, 0.05) is 12.5 Å². The third-order valence-electron chi connectivity index (χ3n) is 3.63. The van der Waals surface area contributed by atoms with Gasteiger partial charge in [-0.15, -0.1) is 11.3 Å². The van der Waals surface area contributed by atoms with Crippen LogP contribution in [0.4, 0.5) is 0 Å². The molecule has 1 aliphatic carbocycles. The van der Waals surface area contributed by atoms with Crippen LogP contribution in [0.15, 0.2) is 18.2 Å². The Hall–Kier alpha value is -1.13. The zero-order valence-corrected chi connectivity index (χ0v) is 11.0. The van der Waals surface area contributed by atoms with Crippen LogP contribution in [0.1, 0.15) is 30.2 Å². The molecule has 18 heavy (non-hydrogen) atoms. The smallest absolute Gasteiger partial charge is 0.146 e. The molecule has 2 heterocycles. The molecule has 1 aromatic carbocycles. The molecule has 3 nitrogen and oxygen atoms in total. The molecule has 0 bridgehead atoms. The van der Waals surface area contributed by atoms with Gasteiger partial charge in [-0.3, -0.25) is 0 Å². The van der Waals surface area contributed by atoms with Gasteiger partial charge in [-0.2, -0.15) is 0 Å². The number of fused-ring (bicyclic) bond motifs is 1. The lowest BCUT2D eigenvalue weighted by atomic mass is 10.3. The van der Waals surface area contributed by atoms with E-state index in [1.54, 1.807) is 0 Å². The van der Waals surface area contributed by atoms with Crippen molar-refractivity contribution in [3.05, 3.63) is 23.2 Å². The maximum absolute atomic E-state index is 6.08. The Morgan fingerprint density at radius 2 is 2.22 bits per heavy atom. The van der Waals surface area contributed by atoms with Crippen molar-refractivity contribution in [2.75, 3.05) is 13.1 Å². The average molecular weight is 260 g/mol. The first kappa shape index (κ1) is 10.8. The third kappa shape index (κ3) is 1.89. The van der Waals surface area contributed by atoms with Crippen LogP contribution in [0.3, 0.4) is 0 Å². The van der Waals surface area contributed by atoms with Gasteiger partial charge >= 0.3 is 0 Å². The number of aromatic nitrogens is 1. The van der Waals surface area contributed by atoms with E-state index in [0.29, 0.717) is 6.10 Å². The standard InChI is InChI=1S/C14H16N2OS/c1-2-11(17-10-6-7-15-8-10)13-12(3-1)18-14(16-13)9-4-5-9/h1-3,9-10,15H,4-8H2. The van der Waals surface area contributed by atoms with Crippen molar-refractivity contribution in [2.45, 2.75) is 31.3 Å². The predicted molar refractivity (Wildman–Crippen MR) is 73.5 cm³/mol. The molecule has 94 valence electrons. The van der Waals surface area contributed by atoms with E-state index < -0.39 is 0 Å². The van der Waals surface area contributed by atoms with Crippen molar-refractivity contribution < 1.29 is 4.74 Å². The molecule has 1 aromatic heterocycles. The predicted octanol–water partition coefficient (Wildman–Crippen LogP) is 2.91. The van der Waals surface area contributed by atoms with E-state index in [1.807, 2.05) is 11.3 Å². The van der Waals surface area contributed by atoms with Crippen LogP contribution in [0.2, 0.25) is 0 Å². The van der Waals surface area contributed by atoms with Crippen molar-refractivity contribution in [3.63, 3.8) is 0 Å². The number of thiazole rings is 1. The first-order valence-electron chi connectivity index (χ1n) is 6.67. The Labute approximate surface area is 110 Å². The lowest BCUT2D eigenvalue weighted by Crippen LogP contribution is -2.19. The average Bonchev–Trinajstić information content (AvgIpc) is 2.93. The number of hydrogen-bond donors (Lipinski definition) is 1. The second kappa shape index (κ2) is 4.21. The molecule has 0 radical (unpaired) electrons. The Kier molecular flexibility index (Phi) is 2.52. The minimum Gasteiger partial charge on any atom is -0.487 e. The molecular formula is C14H16N2OS. The van der Waals surface area contributed by atoms with E-state index in [9.17, 15) is 0 Å². The minimum atomic E-state index is 0.307. The summed E-state index contributed by atoms with van der Waals surface area (Å²) in [6, 6.07) is 6.28. The van der Waals surface area contributed by atoms with Gasteiger partial charge in [0.15, 0.2) is 0 Å². The highest BCUT2D eigenvalue weighted by Gasteiger charge is 2.27. The summed E-state index contributed by atoms with van der Waals surface area (Å²) in [4.78, 5) is 4.79. The zero-order valence-electron chi connectivity index (χ0n) is 10.2. The Morgan fingerprint density at radius 3 is 3.00 bits per heavy atom. The van der Waals surface area contributed by atoms with Crippen LogP contribution in [-0.2, 0) is 0 Å². The number of hydrogen-bond acceptors (Lipinski definition) is 4. The van der Waals surface area contributed by atoms with Gasteiger partial charge in [0.05, 0.1) is 9.71 Å². The first-order valence-corrected chi connectivity index (χ1v) is 7.48. The van der Waals surface area contributed by atoms with Crippen molar-refractivity contribution in [3.8, 4) is 5.75 Å². The first-order chi connectivity index (χ1) is 8.90. The molecule has 1 saturated carbocycles. The highest BCUT2D eigenvalue weighted by molar-refractivity contribution is 7.18. The van der Waals surface area contributed by atoms with Crippen LogP contribution < -0.4 is 10.1 Å². The summed E-state index contributed by atoms with van der Waals surface area (Å²) in [5.74, 6) is 1.69. The summed E-state index contributed by atoms with van der Waals surface area (Å²) in [6.45, 7) is 2.01. The van der Waals surface area contributed by atoms with Crippen molar-refractivity contribution in [1.29, 1.82) is 0 Å². The van der Waals surface area contributed by atoms with Crippen molar-refractivity contribution in [2.24, 2.45) is 0 Å². The van der Waals surface area contributed by atoms with Crippen molar-refractivity contribution in [1.82, 2.24) is 10.3 Å². The number of benzene rings is 1. The van der Waals surface area contributed by atoms with Crippen LogP contribution in [-0.4, -0.2) is 24.2 Å². The molecule has 2 aromatic rings. The topological polar surface area (TPSA) is 34.1 Å². The fourth-order valence-corrected chi connectivity index (χ4v) is 3.60. The SMILES string of the molecule is c1cc(OC2CCNC2)c2nc(C3CC3)sc2c1. The molecule has 2 aliphatic rings. The fourth-order valence-electron chi connectivity index (χ4n) is 2.45. The van der Waals surface area contributed by atoms with E-state index in [1.165, 1.54) is 22.5 Å². The van der Waals surface area contributed by atoms with E-state index in [2.05, 4.69) is 23.5 Å². The van der Waals surface area contributed by atoms with Crippen LogP contribution in [0, 0.1) is 0 Å². The monoisotopic (exact) mass is 260 g/mol. The molecule has 1 aliphatic heterocycles. The van der Waals surface area contributed by atoms with Gasteiger partial charge in [-0.05, 0) is 37.9 Å². The van der Waals surface area contributed by atoms with Gasteiger partial charge < -0.3 is 10.1 Å². The summed E-state index contributed by atoms with van der Waals surface area (Å²) in [7, 11) is 0. The maximum Gasteiger partial charge on any atom is 0.146 e. The molecule has 2 fully saturated rings. The Balaban J connectivity index is 1.69. The van der Waals surface area contributed by atoms with Gasteiger partial charge in [0.2, 0.25) is 0 Å². The number of nitrogens with one attached hydrogen (secondary N) is 1. The molecule has 0 amide bonds. The number of rotatable bonds is 3.